The van der Waals surface area contributed by atoms with Crippen LogP contribution in [-0.2, 0) is 11.3 Å². The molecule has 0 aliphatic rings. The van der Waals surface area contributed by atoms with Crippen LogP contribution in [0.4, 0.5) is 6.01 Å². The molecule has 18 heavy (non-hydrogen) atoms. The molecule has 0 aliphatic carbocycles. The van der Waals surface area contributed by atoms with E-state index in [1.54, 1.807) is 0 Å². The van der Waals surface area contributed by atoms with E-state index >= 15 is 0 Å². The number of aromatic nitrogens is 2. The summed E-state index contributed by atoms with van der Waals surface area (Å²) in [5.41, 5.74) is 0.0372. The van der Waals surface area contributed by atoms with Gasteiger partial charge in [-0.05, 0) is 27.7 Å². The Hall–Kier alpha value is -1.14. The lowest BCUT2D eigenvalue weighted by Crippen LogP contribution is -2.35. The maximum absolute atomic E-state index is 5.56. The first-order chi connectivity index (χ1) is 8.42. The van der Waals surface area contributed by atoms with Gasteiger partial charge in [0, 0.05) is 25.7 Å². The zero-order valence-corrected chi connectivity index (χ0v) is 12.0. The Bertz CT molecular complexity index is 346. The minimum absolute atomic E-state index is 0.0372. The molecule has 6 nitrogen and oxygen atoms in total. The summed E-state index contributed by atoms with van der Waals surface area (Å²) < 4.78 is 10.8. The van der Waals surface area contributed by atoms with Crippen molar-refractivity contribution < 1.29 is 9.15 Å². The molecule has 0 radical (unpaired) electrons. The number of anilines is 1. The maximum atomic E-state index is 5.56. The van der Waals surface area contributed by atoms with Crippen LogP contribution in [-0.4, -0.2) is 42.5 Å². The molecule has 1 N–H and O–H groups in total. The second kappa shape index (κ2) is 6.70. The first kappa shape index (κ1) is 14.9. The summed E-state index contributed by atoms with van der Waals surface area (Å²) in [7, 11) is 1.91. The fourth-order valence-electron chi connectivity index (χ4n) is 1.25. The second-order valence-corrected chi connectivity index (χ2v) is 5.20. The lowest BCUT2D eigenvalue weighted by molar-refractivity contribution is 0.154. The third-order valence-corrected chi connectivity index (χ3v) is 2.33. The van der Waals surface area contributed by atoms with Crippen molar-refractivity contribution in [2.24, 2.45) is 0 Å². The molecular formula is C12H24N4O2. The van der Waals surface area contributed by atoms with Crippen LogP contribution in [0.25, 0.3) is 0 Å². The fourth-order valence-corrected chi connectivity index (χ4v) is 1.25. The molecular weight excluding hydrogens is 232 g/mol. The van der Waals surface area contributed by atoms with Gasteiger partial charge in [0.25, 0.3) is 0 Å². The number of nitrogens with one attached hydrogen (secondary N) is 1. The number of ether oxygens (including phenoxy) is 1. The first-order valence-corrected chi connectivity index (χ1v) is 6.28. The van der Waals surface area contributed by atoms with Gasteiger partial charge < -0.3 is 19.4 Å². The predicted octanol–water partition coefficient (Wildman–Crippen LogP) is 1.43. The Balaban J connectivity index is 2.42. The average molecular weight is 256 g/mol. The van der Waals surface area contributed by atoms with E-state index in [-0.39, 0.29) is 5.54 Å². The topological polar surface area (TPSA) is 63.4 Å². The summed E-state index contributed by atoms with van der Waals surface area (Å²) in [5.74, 6) is 0.600. The molecule has 1 aromatic rings. The highest BCUT2D eigenvalue weighted by atomic mass is 16.5. The van der Waals surface area contributed by atoms with E-state index in [0.29, 0.717) is 25.1 Å². The number of hydrogen-bond donors (Lipinski definition) is 1. The SMILES string of the molecule is CCOCCN(C)c1nnc(CNC(C)(C)C)o1. The molecule has 0 aliphatic heterocycles. The molecule has 0 unspecified atom stereocenters. The molecule has 0 saturated heterocycles. The standard InChI is InChI=1S/C12H24N4O2/c1-6-17-8-7-16(5)11-15-14-10(18-11)9-13-12(2,3)4/h13H,6-9H2,1-5H3. The Kier molecular flexibility index (Phi) is 5.55. The number of rotatable bonds is 7. The van der Waals surface area contributed by atoms with Crippen molar-refractivity contribution in [3.05, 3.63) is 5.89 Å². The van der Waals surface area contributed by atoms with E-state index in [9.17, 15) is 0 Å². The molecule has 1 rings (SSSR count). The fraction of sp³-hybridized carbons (Fsp3) is 0.833. The summed E-state index contributed by atoms with van der Waals surface area (Å²) in [6.07, 6.45) is 0. The summed E-state index contributed by atoms with van der Waals surface area (Å²) >= 11 is 0. The van der Waals surface area contributed by atoms with E-state index in [4.69, 9.17) is 9.15 Å². The van der Waals surface area contributed by atoms with Gasteiger partial charge in [0.1, 0.15) is 0 Å². The molecule has 0 fully saturated rings. The molecule has 0 aromatic carbocycles. The average Bonchev–Trinajstić information content (AvgIpc) is 2.74. The lowest BCUT2D eigenvalue weighted by Gasteiger charge is -2.18. The van der Waals surface area contributed by atoms with Crippen LogP contribution >= 0.6 is 0 Å². The van der Waals surface area contributed by atoms with E-state index in [2.05, 4.69) is 36.3 Å². The Morgan fingerprint density at radius 1 is 1.33 bits per heavy atom. The van der Waals surface area contributed by atoms with E-state index in [1.807, 2.05) is 18.9 Å². The van der Waals surface area contributed by atoms with Crippen LogP contribution in [0.2, 0.25) is 0 Å². The van der Waals surface area contributed by atoms with Crippen LogP contribution < -0.4 is 10.2 Å². The molecule has 0 bridgehead atoms. The van der Waals surface area contributed by atoms with Crippen LogP contribution in [0.15, 0.2) is 4.42 Å². The third kappa shape index (κ3) is 5.46. The van der Waals surface area contributed by atoms with Crippen LogP contribution in [0.5, 0.6) is 0 Å². The Morgan fingerprint density at radius 2 is 2.06 bits per heavy atom. The van der Waals surface area contributed by atoms with Crippen molar-refractivity contribution in [2.45, 2.75) is 39.8 Å². The minimum atomic E-state index is 0.0372. The van der Waals surface area contributed by atoms with E-state index in [1.165, 1.54) is 0 Å². The monoisotopic (exact) mass is 256 g/mol. The van der Waals surface area contributed by atoms with E-state index in [0.717, 1.165) is 13.2 Å². The quantitative estimate of drug-likeness (QED) is 0.745. The molecule has 0 spiro atoms. The second-order valence-electron chi connectivity index (χ2n) is 5.20. The van der Waals surface area contributed by atoms with Gasteiger partial charge in [0.2, 0.25) is 5.89 Å². The van der Waals surface area contributed by atoms with Crippen molar-refractivity contribution in [3.8, 4) is 0 Å². The summed E-state index contributed by atoms with van der Waals surface area (Å²) in [4.78, 5) is 1.89. The lowest BCUT2D eigenvalue weighted by atomic mass is 10.1. The summed E-state index contributed by atoms with van der Waals surface area (Å²) in [5, 5.41) is 11.3. The van der Waals surface area contributed by atoms with Crippen molar-refractivity contribution in [2.75, 3.05) is 31.7 Å². The van der Waals surface area contributed by atoms with Gasteiger partial charge in [-0.25, -0.2) is 0 Å². The summed E-state index contributed by atoms with van der Waals surface area (Å²) in [6.45, 7) is 11.0. The smallest absolute Gasteiger partial charge is 0.318 e. The molecule has 0 atom stereocenters. The summed E-state index contributed by atoms with van der Waals surface area (Å²) in [6, 6.07) is 0.528. The van der Waals surface area contributed by atoms with Crippen molar-refractivity contribution in [3.63, 3.8) is 0 Å². The van der Waals surface area contributed by atoms with Crippen LogP contribution in [0.1, 0.15) is 33.6 Å². The van der Waals surface area contributed by atoms with Crippen molar-refractivity contribution in [1.82, 2.24) is 15.5 Å². The highest BCUT2D eigenvalue weighted by Gasteiger charge is 2.13. The van der Waals surface area contributed by atoms with Crippen molar-refractivity contribution in [1.29, 1.82) is 0 Å². The van der Waals surface area contributed by atoms with Gasteiger partial charge >= 0.3 is 6.01 Å². The first-order valence-electron chi connectivity index (χ1n) is 6.28. The normalized spacial score (nSPS) is 11.8. The number of nitrogens with zero attached hydrogens (tertiary/aromatic N) is 3. The third-order valence-electron chi connectivity index (χ3n) is 2.33. The minimum Gasteiger partial charge on any atom is -0.407 e. The zero-order chi connectivity index (χ0) is 13.6. The van der Waals surface area contributed by atoms with Gasteiger partial charge in [0.05, 0.1) is 13.2 Å². The Morgan fingerprint density at radius 3 is 2.67 bits per heavy atom. The molecule has 1 aromatic heterocycles. The van der Waals surface area contributed by atoms with Crippen molar-refractivity contribution >= 4 is 6.01 Å². The predicted molar refractivity (Wildman–Crippen MR) is 70.7 cm³/mol. The van der Waals surface area contributed by atoms with Gasteiger partial charge in [0.15, 0.2) is 0 Å². The van der Waals surface area contributed by atoms with Crippen LogP contribution in [0.3, 0.4) is 0 Å². The largest absolute Gasteiger partial charge is 0.407 e. The molecule has 0 saturated carbocycles. The highest BCUT2D eigenvalue weighted by molar-refractivity contribution is 5.21. The van der Waals surface area contributed by atoms with E-state index < -0.39 is 0 Å². The van der Waals surface area contributed by atoms with Gasteiger partial charge in [-0.3, -0.25) is 0 Å². The highest BCUT2D eigenvalue weighted by Crippen LogP contribution is 2.11. The molecule has 0 amide bonds. The molecule has 1 heterocycles. The van der Waals surface area contributed by atoms with Gasteiger partial charge in [-0.15, -0.1) is 5.10 Å². The van der Waals surface area contributed by atoms with Gasteiger partial charge in [-0.2, -0.15) is 0 Å². The van der Waals surface area contributed by atoms with Crippen LogP contribution in [0, 0.1) is 0 Å². The van der Waals surface area contributed by atoms with Gasteiger partial charge in [-0.1, -0.05) is 5.10 Å². The maximum Gasteiger partial charge on any atom is 0.318 e. The molecule has 6 heteroatoms. The number of hydrogen-bond acceptors (Lipinski definition) is 6. The molecule has 104 valence electrons. The number of likely N-dealkylation sites (N-methyl/N-ethyl adjacent to an activating group) is 1. The Labute approximate surface area is 109 Å². The zero-order valence-electron chi connectivity index (χ0n) is 12.0.